The van der Waals surface area contributed by atoms with Crippen LogP contribution in [0.15, 0.2) is 58.3 Å². The third-order valence-corrected chi connectivity index (χ3v) is 4.82. The fraction of sp³-hybridized carbons (Fsp3) is 0.0952. The lowest BCUT2D eigenvalue weighted by Gasteiger charge is -2.11. The number of amides is 2. The van der Waals surface area contributed by atoms with E-state index in [9.17, 15) is 9.59 Å². The maximum absolute atomic E-state index is 12.9. The lowest BCUT2D eigenvalue weighted by Crippen LogP contribution is -2.22. The summed E-state index contributed by atoms with van der Waals surface area (Å²) < 4.78 is 11.1. The Morgan fingerprint density at radius 3 is 2.69 bits per heavy atom. The van der Waals surface area contributed by atoms with Crippen LogP contribution in [0, 0.1) is 0 Å². The van der Waals surface area contributed by atoms with Gasteiger partial charge in [-0.1, -0.05) is 29.5 Å². The molecule has 2 heterocycles. The zero-order chi connectivity index (χ0) is 24.8. The van der Waals surface area contributed by atoms with Gasteiger partial charge < -0.3 is 21.5 Å². The van der Waals surface area contributed by atoms with Gasteiger partial charge in [-0.25, -0.2) is 10.1 Å². The van der Waals surface area contributed by atoms with E-state index in [-0.39, 0.29) is 35.1 Å². The lowest BCUT2D eigenvalue weighted by atomic mass is 10.1. The second-order valence-corrected chi connectivity index (χ2v) is 6.97. The van der Waals surface area contributed by atoms with Crippen molar-refractivity contribution >= 4 is 29.5 Å². The number of nitrogen functional groups attached to an aromatic ring is 1. The number of hydrogen-bond donors (Lipinski definition) is 4. The number of primary amides is 1. The first-order valence-electron chi connectivity index (χ1n) is 10.1. The Balaban J connectivity index is 1.61. The Morgan fingerprint density at radius 2 is 1.94 bits per heavy atom. The van der Waals surface area contributed by atoms with Crippen LogP contribution in [0.1, 0.15) is 32.1 Å². The molecule has 14 heteroatoms. The van der Waals surface area contributed by atoms with Crippen LogP contribution in [0.5, 0.6) is 5.75 Å². The summed E-state index contributed by atoms with van der Waals surface area (Å²) in [6, 6.07) is 13.8. The molecule has 4 rings (SSSR count). The van der Waals surface area contributed by atoms with E-state index in [1.54, 1.807) is 42.5 Å². The molecular weight excluding hydrogens is 456 g/mol. The first-order chi connectivity index (χ1) is 17.0. The minimum Gasteiger partial charge on any atom is -0.496 e. The van der Waals surface area contributed by atoms with Crippen LogP contribution in [-0.2, 0) is 6.54 Å². The topological polar surface area (TPSA) is 201 Å². The van der Waals surface area contributed by atoms with Crippen molar-refractivity contribution in [2.75, 3.05) is 18.2 Å². The van der Waals surface area contributed by atoms with Crippen LogP contribution in [0.4, 0.5) is 11.5 Å². The number of aromatic nitrogens is 5. The fourth-order valence-electron chi connectivity index (χ4n) is 3.16. The van der Waals surface area contributed by atoms with Crippen molar-refractivity contribution in [2.24, 2.45) is 10.8 Å². The molecule has 0 spiro atoms. The molecule has 0 atom stereocenters. The van der Waals surface area contributed by atoms with Gasteiger partial charge in [-0.05, 0) is 34.6 Å². The van der Waals surface area contributed by atoms with Gasteiger partial charge >= 0.3 is 0 Å². The van der Waals surface area contributed by atoms with Crippen LogP contribution in [0.25, 0.3) is 5.82 Å². The highest BCUT2D eigenvalue weighted by Gasteiger charge is 2.24. The summed E-state index contributed by atoms with van der Waals surface area (Å²) in [5, 5.41) is 22.2. The number of nitrogens with zero attached hydrogens (tertiary/aromatic N) is 6. The highest BCUT2D eigenvalue weighted by Crippen LogP contribution is 2.20. The maximum Gasteiger partial charge on any atom is 0.293 e. The van der Waals surface area contributed by atoms with E-state index in [4.69, 9.17) is 16.2 Å². The summed E-state index contributed by atoms with van der Waals surface area (Å²) in [6.45, 7) is -0.0113. The number of nitrogens with one attached hydrogen (secondary N) is 2. The molecular formula is C21H20N10O4. The molecule has 2 amide bonds. The predicted molar refractivity (Wildman–Crippen MR) is 124 cm³/mol. The standard InChI is InChI=1S/C21H20N10O4/c1-34-16-9-5-2-6-12(16)10-25-27-21(33)17-15(31(30-26-17)20-18(22)28-35-29-20)11-24-14-8-4-3-7-13(14)19(23)32/h2-10,24H,11H2,1H3,(H2,22,28)(H2,23,32)(H,27,33). The van der Waals surface area contributed by atoms with E-state index in [1.165, 1.54) is 18.0 Å². The second kappa shape index (κ2) is 10.1. The van der Waals surface area contributed by atoms with Gasteiger partial charge in [0, 0.05) is 11.3 Å². The average Bonchev–Trinajstić information content (AvgIpc) is 3.48. The van der Waals surface area contributed by atoms with Crippen molar-refractivity contribution in [3.63, 3.8) is 0 Å². The molecule has 2 aromatic heterocycles. The molecule has 178 valence electrons. The molecule has 6 N–H and O–H groups in total. The van der Waals surface area contributed by atoms with E-state index in [0.29, 0.717) is 17.0 Å². The quantitative estimate of drug-likeness (QED) is 0.197. The van der Waals surface area contributed by atoms with Gasteiger partial charge in [0.2, 0.25) is 11.6 Å². The van der Waals surface area contributed by atoms with Crippen molar-refractivity contribution < 1.29 is 19.0 Å². The van der Waals surface area contributed by atoms with Gasteiger partial charge in [-0.2, -0.15) is 9.78 Å². The largest absolute Gasteiger partial charge is 0.496 e. The van der Waals surface area contributed by atoms with Gasteiger partial charge in [0.1, 0.15) is 5.75 Å². The van der Waals surface area contributed by atoms with Gasteiger partial charge in [-0.15, -0.1) is 5.10 Å². The van der Waals surface area contributed by atoms with E-state index in [1.807, 2.05) is 6.07 Å². The van der Waals surface area contributed by atoms with E-state index < -0.39 is 11.8 Å². The van der Waals surface area contributed by atoms with Crippen molar-refractivity contribution in [2.45, 2.75) is 6.54 Å². The predicted octanol–water partition coefficient (Wildman–Crippen LogP) is 0.716. The number of hydrazone groups is 1. The number of carbonyl (C=O) groups excluding carboxylic acids is 2. The molecule has 0 saturated carbocycles. The van der Waals surface area contributed by atoms with Crippen molar-refractivity contribution in [1.29, 1.82) is 0 Å². The molecule has 35 heavy (non-hydrogen) atoms. The normalized spacial score (nSPS) is 10.9. The summed E-state index contributed by atoms with van der Waals surface area (Å²) >= 11 is 0. The summed E-state index contributed by atoms with van der Waals surface area (Å²) in [5.41, 5.74) is 15.2. The second-order valence-electron chi connectivity index (χ2n) is 6.97. The first-order valence-corrected chi connectivity index (χ1v) is 10.1. The van der Waals surface area contributed by atoms with Crippen molar-refractivity contribution in [1.82, 2.24) is 30.7 Å². The van der Waals surface area contributed by atoms with E-state index >= 15 is 0 Å². The Labute approximate surface area is 197 Å². The van der Waals surface area contributed by atoms with Gasteiger partial charge in [0.05, 0.1) is 31.1 Å². The molecule has 0 aliphatic rings. The van der Waals surface area contributed by atoms with E-state index in [2.05, 4.69) is 41.1 Å². The summed E-state index contributed by atoms with van der Waals surface area (Å²) in [7, 11) is 1.53. The molecule has 2 aromatic carbocycles. The SMILES string of the molecule is COc1ccccc1C=NNC(=O)c1nnn(-c2nonc2N)c1CNc1ccccc1C(N)=O. The average molecular weight is 476 g/mol. The summed E-state index contributed by atoms with van der Waals surface area (Å²) in [4.78, 5) is 24.7. The Hall–Kier alpha value is -5.27. The number of methoxy groups -OCH3 is 1. The number of para-hydroxylation sites is 2. The molecule has 0 unspecified atom stereocenters. The van der Waals surface area contributed by atoms with Crippen LogP contribution < -0.4 is 26.9 Å². The van der Waals surface area contributed by atoms with Crippen molar-refractivity contribution in [3.05, 3.63) is 71.0 Å². The van der Waals surface area contributed by atoms with Crippen molar-refractivity contribution in [3.8, 4) is 11.6 Å². The van der Waals surface area contributed by atoms with Crippen LogP contribution in [0.2, 0.25) is 0 Å². The molecule has 0 aliphatic heterocycles. The third kappa shape index (κ3) is 4.90. The molecule has 0 bridgehead atoms. The number of carbonyl (C=O) groups is 2. The Kier molecular flexibility index (Phi) is 6.62. The highest BCUT2D eigenvalue weighted by molar-refractivity contribution is 5.98. The molecule has 0 fully saturated rings. The Bertz CT molecular complexity index is 1390. The minimum atomic E-state index is -0.655. The van der Waals surface area contributed by atoms with Crippen LogP contribution in [0.3, 0.4) is 0 Å². The highest BCUT2D eigenvalue weighted by atomic mass is 16.6. The molecule has 0 radical (unpaired) electrons. The third-order valence-electron chi connectivity index (χ3n) is 4.82. The fourth-order valence-corrected chi connectivity index (χ4v) is 3.16. The monoisotopic (exact) mass is 476 g/mol. The van der Waals surface area contributed by atoms with Gasteiger partial charge in [0.15, 0.2) is 5.69 Å². The smallest absolute Gasteiger partial charge is 0.293 e. The van der Waals surface area contributed by atoms with Crippen LogP contribution >= 0.6 is 0 Å². The maximum atomic E-state index is 12.9. The summed E-state index contributed by atoms with van der Waals surface area (Å²) in [5.74, 6) is -0.710. The van der Waals surface area contributed by atoms with E-state index in [0.717, 1.165) is 0 Å². The lowest BCUT2D eigenvalue weighted by molar-refractivity contribution is 0.0947. The number of hydrogen-bond acceptors (Lipinski definition) is 11. The van der Waals surface area contributed by atoms with Gasteiger partial charge in [-0.3, -0.25) is 9.59 Å². The number of anilines is 2. The summed E-state index contributed by atoms with van der Waals surface area (Å²) in [6.07, 6.45) is 1.43. The number of ether oxygens (including phenoxy) is 1. The number of rotatable bonds is 9. The van der Waals surface area contributed by atoms with Crippen LogP contribution in [-0.4, -0.2) is 50.4 Å². The zero-order valence-electron chi connectivity index (χ0n) is 18.4. The zero-order valence-corrected chi connectivity index (χ0v) is 18.4. The Morgan fingerprint density at radius 1 is 1.17 bits per heavy atom. The molecule has 0 saturated heterocycles. The van der Waals surface area contributed by atoms with Gasteiger partial charge in [0.25, 0.3) is 11.8 Å². The molecule has 0 aliphatic carbocycles. The molecule has 14 nitrogen and oxygen atoms in total. The molecule has 4 aromatic rings. The minimum absolute atomic E-state index is 0.0113. The first kappa shape index (κ1) is 22.9. The number of nitrogens with two attached hydrogens (primary N) is 2. The number of benzene rings is 2.